The number of thioether (sulfide) groups is 1. The summed E-state index contributed by atoms with van der Waals surface area (Å²) in [6.45, 7) is 2.09. The zero-order chi connectivity index (χ0) is 14.4. The third-order valence-electron chi connectivity index (χ3n) is 2.73. The molecule has 0 fully saturated rings. The molecule has 104 valence electrons. The molecule has 0 aliphatic rings. The van der Waals surface area contributed by atoms with Gasteiger partial charge in [-0.25, -0.2) is 4.98 Å². The average molecular weight is 287 g/mol. The molecule has 1 aromatic heterocycles. The second kappa shape index (κ2) is 6.96. The summed E-state index contributed by atoms with van der Waals surface area (Å²) in [5.41, 5.74) is 8.22. The van der Waals surface area contributed by atoms with Gasteiger partial charge in [-0.2, -0.15) is 0 Å². The first-order valence-corrected chi connectivity index (χ1v) is 7.39. The maximum absolute atomic E-state index is 11.9. The predicted molar refractivity (Wildman–Crippen MR) is 83.8 cm³/mol. The lowest BCUT2D eigenvalue weighted by molar-refractivity contribution is -0.113. The van der Waals surface area contributed by atoms with Gasteiger partial charge >= 0.3 is 0 Å². The third kappa shape index (κ3) is 4.28. The Morgan fingerprint density at radius 3 is 2.90 bits per heavy atom. The molecule has 0 radical (unpaired) electrons. The van der Waals surface area contributed by atoms with Gasteiger partial charge in [0.05, 0.1) is 22.7 Å². The fourth-order valence-corrected chi connectivity index (χ4v) is 2.33. The molecule has 2 rings (SSSR count). The normalized spacial score (nSPS) is 10.2. The first-order valence-electron chi connectivity index (χ1n) is 6.40. The van der Waals surface area contributed by atoms with Crippen LogP contribution in [0.3, 0.4) is 0 Å². The van der Waals surface area contributed by atoms with Gasteiger partial charge in [0.15, 0.2) is 0 Å². The van der Waals surface area contributed by atoms with E-state index in [1.165, 1.54) is 17.3 Å². The van der Waals surface area contributed by atoms with Crippen molar-refractivity contribution < 1.29 is 4.79 Å². The SMILES string of the molecule is CCc1cccc(NC(=O)CSc2ccc(N)cn2)c1. The van der Waals surface area contributed by atoms with E-state index in [-0.39, 0.29) is 5.91 Å². The molecule has 0 bridgehead atoms. The number of rotatable bonds is 5. The maximum Gasteiger partial charge on any atom is 0.234 e. The standard InChI is InChI=1S/C15H17N3OS/c1-2-11-4-3-5-13(8-11)18-14(19)10-20-15-7-6-12(16)9-17-15/h3-9H,2,10,16H2,1H3,(H,18,19). The minimum absolute atomic E-state index is 0.0399. The number of carbonyl (C=O) groups is 1. The highest BCUT2D eigenvalue weighted by atomic mass is 32.2. The molecule has 5 heteroatoms. The first kappa shape index (κ1) is 14.4. The fraction of sp³-hybridized carbons (Fsp3) is 0.200. The van der Waals surface area contributed by atoms with E-state index in [4.69, 9.17) is 5.73 Å². The number of carbonyl (C=O) groups excluding carboxylic acids is 1. The zero-order valence-corrected chi connectivity index (χ0v) is 12.1. The Hall–Kier alpha value is -2.01. The smallest absolute Gasteiger partial charge is 0.234 e. The summed E-state index contributed by atoms with van der Waals surface area (Å²) in [6.07, 6.45) is 2.54. The van der Waals surface area contributed by atoms with Crippen molar-refractivity contribution in [3.63, 3.8) is 0 Å². The van der Waals surface area contributed by atoms with Crippen molar-refractivity contribution in [2.75, 3.05) is 16.8 Å². The Labute approximate surface area is 122 Å². The molecule has 3 N–H and O–H groups in total. The van der Waals surface area contributed by atoms with E-state index in [0.29, 0.717) is 11.4 Å². The molecule has 2 aromatic rings. The van der Waals surface area contributed by atoms with Crippen molar-refractivity contribution in [3.05, 3.63) is 48.2 Å². The summed E-state index contributed by atoms with van der Waals surface area (Å²) in [4.78, 5) is 16.0. The molecule has 1 heterocycles. The number of amides is 1. The molecule has 0 spiro atoms. The Balaban J connectivity index is 1.87. The highest BCUT2D eigenvalue weighted by Crippen LogP contribution is 2.17. The summed E-state index contributed by atoms with van der Waals surface area (Å²) >= 11 is 1.39. The van der Waals surface area contributed by atoms with Crippen molar-refractivity contribution in [2.24, 2.45) is 0 Å². The largest absolute Gasteiger partial charge is 0.397 e. The second-order valence-corrected chi connectivity index (χ2v) is 5.32. The van der Waals surface area contributed by atoms with Gasteiger partial charge < -0.3 is 11.1 Å². The molecule has 0 aliphatic heterocycles. The third-order valence-corrected chi connectivity index (χ3v) is 3.67. The topological polar surface area (TPSA) is 68.0 Å². The second-order valence-electron chi connectivity index (χ2n) is 4.32. The van der Waals surface area contributed by atoms with E-state index in [2.05, 4.69) is 17.2 Å². The fourth-order valence-electron chi connectivity index (χ4n) is 1.68. The number of aryl methyl sites for hydroxylation is 1. The molecule has 0 saturated heterocycles. The molecular formula is C15H17N3OS. The van der Waals surface area contributed by atoms with E-state index in [0.717, 1.165) is 17.1 Å². The lowest BCUT2D eigenvalue weighted by Gasteiger charge is -2.06. The highest BCUT2D eigenvalue weighted by molar-refractivity contribution is 7.99. The molecule has 4 nitrogen and oxygen atoms in total. The molecule has 0 unspecified atom stereocenters. The average Bonchev–Trinajstić information content (AvgIpc) is 2.47. The van der Waals surface area contributed by atoms with Crippen LogP contribution in [0.25, 0.3) is 0 Å². The molecular weight excluding hydrogens is 270 g/mol. The summed E-state index contributed by atoms with van der Waals surface area (Å²) < 4.78 is 0. The van der Waals surface area contributed by atoms with Crippen molar-refractivity contribution in [1.82, 2.24) is 4.98 Å². The van der Waals surface area contributed by atoms with Crippen LogP contribution < -0.4 is 11.1 Å². The summed E-state index contributed by atoms with van der Waals surface area (Å²) in [6, 6.07) is 11.5. The lowest BCUT2D eigenvalue weighted by atomic mass is 10.1. The van der Waals surface area contributed by atoms with Gasteiger partial charge in [0.2, 0.25) is 5.91 Å². The zero-order valence-electron chi connectivity index (χ0n) is 11.3. The number of hydrogen-bond acceptors (Lipinski definition) is 4. The van der Waals surface area contributed by atoms with Crippen molar-refractivity contribution in [3.8, 4) is 0 Å². The van der Waals surface area contributed by atoms with Crippen LogP contribution in [0.1, 0.15) is 12.5 Å². The molecule has 20 heavy (non-hydrogen) atoms. The summed E-state index contributed by atoms with van der Waals surface area (Å²) in [5, 5.41) is 3.67. The van der Waals surface area contributed by atoms with Gasteiger partial charge in [0.1, 0.15) is 0 Å². The quantitative estimate of drug-likeness (QED) is 0.830. The van der Waals surface area contributed by atoms with Gasteiger partial charge in [0.25, 0.3) is 0 Å². The van der Waals surface area contributed by atoms with E-state index >= 15 is 0 Å². The number of nitrogen functional groups attached to an aromatic ring is 1. The first-order chi connectivity index (χ1) is 9.67. The lowest BCUT2D eigenvalue weighted by Crippen LogP contribution is -2.14. The van der Waals surface area contributed by atoms with E-state index in [1.807, 2.05) is 30.3 Å². The van der Waals surface area contributed by atoms with Crippen molar-refractivity contribution >= 4 is 29.0 Å². The number of hydrogen-bond donors (Lipinski definition) is 2. The predicted octanol–water partition coefficient (Wildman–Crippen LogP) is 2.96. The van der Waals surface area contributed by atoms with Crippen LogP contribution >= 0.6 is 11.8 Å². The number of anilines is 2. The van der Waals surface area contributed by atoms with Crippen molar-refractivity contribution in [2.45, 2.75) is 18.4 Å². The molecule has 1 aromatic carbocycles. The molecule has 0 aliphatic carbocycles. The Bertz CT molecular complexity index is 584. The number of aromatic nitrogens is 1. The van der Waals surface area contributed by atoms with Crippen molar-refractivity contribution in [1.29, 1.82) is 0 Å². The Morgan fingerprint density at radius 2 is 2.20 bits per heavy atom. The van der Waals surface area contributed by atoms with Crippen LogP contribution in [0.4, 0.5) is 11.4 Å². The van der Waals surface area contributed by atoms with Crippen LogP contribution in [0.15, 0.2) is 47.6 Å². The van der Waals surface area contributed by atoms with Gasteiger partial charge in [-0.1, -0.05) is 30.8 Å². The molecule has 0 atom stereocenters. The number of nitrogens with zero attached hydrogens (tertiary/aromatic N) is 1. The van der Waals surface area contributed by atoms with Gasteiger partial charge in [-0.05, 0) is 36.2 Å². The Kier molecular flexibility index (Phi) is 5.01. The van der Waals surface area contributed by atoms with Crippen LogP contribution in [0.2, 0.25) is 0 Å². The minimum atomic E-state index is -0.0399. The number of nitrogens with one attached hydrogen (secondary N) is 1. The van der Waals surface area contributed by atoms with Gasteiger partial charge in [-0.15, -0.1) is 0 Å². The summed E-state index contributed by atoms with van der Waals surface area (Å²) in [7, 11) is 0. The number of pyridine rings is 1. The number of nitrogens with two attached hydrogens (primary N) is 1. The van der Waals surface area contributed by atoms with Gasteiger partial charge in [0, 0.05) is 5.69 Å². The molecule has 1 amide bonds. The minimum Gasteiger partial charge on any atom is -0.397 e. The van der Waals surface area contributed by atoms with Crippen LogP contribution in [-0.2, 0) is 11.2 Å². The van der Waals surface area contributed by atoms with E-state index in [1.54, 1.807) is 12.3 Å². The Morgan fingerprint density at radius 1 is 1.35 bits per heavy atom. The monoisotopic (exact) mass is 287 g/mol. The van der Waals surface area contributed by atoms with Crippen LogP contribution in [0, 0.1) is 0 Å². The van der Waals surface area contributed by atoms with Crippen LogP contribution in [-0.4, -0.2) is 16.6 Å². The number of benzene rings is 1. The van der Waals surface area contributed by atoms with E-state index in [9.17, 15) is 4.79 Å². The maximum atomic E-state index is 11.9. The van der Waals surface area contributed by atoms with Gasteiger partial charge in [-0.3, -0.25) is 4.79 Å². The van der Waals surface area contributed by atoms with Crippen LogP contribution in [0.5, 0.6) is 0 Å². The summed E-state index contributed by atoms with van der Waals surface area (Å²) in [5.74, 6) is 0.287. The molecule has 0 saturated carbocycles. The van der Waals surface area contributed by atoms with E-state index < -0.39 is 0 Å². The highest BCUT2D eigenvalue weighted by Gasteiger charge is 2.04.